The number of nitrogens with zero attached hydrogens (tertiary/aromatic N) is 6. The van der Waals surface area contributed by atoms with E-state index in [1.165, 1.54) is 19.3 Å². The van der Waals surface area contributed by atoms with Crippen LogP contribution in [0, 0.1) is 0 Å². The molecule has 0 unspecified atom stereocenters. The molecule has 136 valence electrons. The topological polar surface area (TPSA) is 65.5 Å². The van der Waals surface area contributed by atoms with Gasteiger partial charge in [-0.15, -0.1) is 10.2 Å². The van der Waals surface area contributed by atoms with Crippen molar-refractivity contribution in [2.75, 3.05) is 49.1 Å². The molecular formula is C19H24N6O. The Hall–Kier alpha value is -2.70. The quantitative estimate of drug-likeness (QED) is 0.840. The molecule has 0 saturated carbocycles. The lowest BCUT2D eigenvalue weighted by molar-refractivity contribution is 0.0740. The lowest BCUT2D eigenvalue weighted by atomic mass is 10.1. The molecule has 2 aromatic heterocycles. The van der Waals surface area contributed by atoms with Crippen molar-refractivity contribution in [2.24, 2.45) is 0 Å². The van der Waals surface area contributed by atoms with E-state index in [1.54, 1.807) is 12.3 Å². The van der Waals surface area contributed by atoms with Crippen LogP contribution in [0.1, 0.15) is 29.8 Å². The number of carbonyl (C=O) groups is 1. The Morgan fingerprint density at radius 3 is 2.00 bits per heavy atom. The van der Waals surface area contributed by atoms with Crippen molar-refractivity contribution in [3.05, 3.63) is 42.2 Å². The second kappa shape index (κ2) is 7.68. The summed E-state index contributed by atoms with van der Waals surface area (Å²) in [5.74, 6) is 1.85. The number of rotatable bonds is 3. The summed E-state index contributed by atoms with van der Waals surface area (Å²) in [4.78, 5) is 23.0. The van der Waals surface area contributed by atoms with Crippen LogP contribution >= 0.6 is 0 Å². The molecule has 0 aromatic carbocycles. The number of piperazine rings is 1. The van der Waals surface area contributed by atoms with Gasteiger partial charge in [0.25, 0.3) is 5.91 Å². The maximum Gasteiger partial charge on any atom is 0.272 e. The summed E-state index contributed by atoms with van der Waals surface area (Å²) in [6.07, 6.45) is 5.43. The Balaban J connectivity index is 1.35. The first-order valence-electron chi connectivity index (χ1n) is 9.35. The van der Waals surface area contributed by atoms with E-state index in [1.807, 2.05) is 23.1 Å². The molecular weight excluding hydrogens is 328 g/mol. The Morgan fingerprint density at radius 1 is 0.769 bits per heavy atom. The van der Waals surface area contributed by atoms with Crippen LogP contribution in [-0.2, 0) is 0 Å². The van der Waals surface area contributed by atoms with E-state index in [0.717, 1.165) is 37.8 Å². The first-order chi connectivity index (χ1) is 12.8. The fourth-order valence-corrected chi connectivity index (χ4v) is 3.57. The second-order valence-corrected chi connectivity index (χ2v) is 6.79. The molecule has 2 aliphatic heterocycles. The van der Waals surface area contributed by atoms with Crippen molar-refractivity contribution in [1.82, 2.24) is 20.1 Å². The van der Waals surface area contributed by atoms with E-state index in [2.05, 4.69) is 31.0 Å². The molecule has 2 fully saturated rings. The molecule has 4 rings (SSSR count). The zero-order valence-corrected chi connectivity index (χ0v) is 14.9. The molecule has 2 aliphatic rings. The predicted octanol–water partition coefficient (Wildman–Crippen LogP) is 1.82. The normalized spacial score (nSPS) is 18.1. The molecule has 7 nitrogen and oxygen atoms in total. The SMILES string of the molecule is O=C(c1ccccn1)N1CCN(c2ccc(N3CCCCC3)nn2)CC1. The zero-order chi connectivity index (χ0) is 17.8. The predicted molar refractivity (Wildman–Crippen MR) is 100 cm³/mol. The standard InChI is InChI=1S/C19H24N6O/c26-19(16-6-2-3-9-20-16)25-14-12-24(13-15-25)18-8-7-17(21-22-18)23-10-4-1-5-11-23/h2-3,6-9H,1,4-5,10-15H2. The maximum absolute atomic E-state index is 12.5. The van der Waals surface area contributed by atoms with Gasteiger partial charge in [0.1, 0.15) is 5.69 Å². The van der Waals surface area contributed by atoms with Crippen LogP contribution in [0.15, 0.2) is 36.5 Å². The van der Waals surface area contributed by atoms with Gasteiger partial charge in [-0.1, -0.05) is 6.07 Å². The van der Waals surface area contributed by atoms with E-state index in [-0.39, 0.29) is 5.91 Å². The summed E-state index contributed by atoms with van der Waals surface area (Å²) in [7, 11) is 0. The van der Waals surface area contributed by atoms with Crippen molar-refractivity contribution in [2.45, 2.75) is 19.3 Å². The largest absolute Gasteiger partial charge is 0.355 e. The molecule has 0 aliphatic carbocycles. The second-order valence-electron chi connectivity index (χ2n) is 6.79. The highest BCUT2D eigenvalue weighted by molar-refractivity contribution is 5.92. The third-order valence-electron chi connectivity index (χ3n) is 5.09. The average Bonchev–Trinajstić information content (AvgIpc) is 2.75. The van der Waals surface area contributed by atoms with E-state index in [0.29, 0.717) is 18.8 Å². The van der Waals surface area contributed by atoms with Crippen LogP contribution in [0.4, 0.5) is 11.6 Å². The molecule has 4 heterocycles. The number of pyridine rings is 1. The molecule has 2 aromatic rings. The third-order valence-corrected chi connectivity index (χ3v) is 5.09. The van der Waals surface area contributed by atoms with Gasteiger partial charge in [-0.2, -0.15) is 0 Å². The molecule has 0 atom stereocenters. The van der Waals surface area contributed by atoms with Gasteiger partial charge in [-0.3, -0.25) is 9.78 Å². The van der Waals surface area contributed by atoms with Crippen LogP contribution in [0.2, 0.25) is 0 Å². The van der Waals surface area contributed by atoms with Crippen LogP contribution in [0.5, 0.6) is 0 Å². The minimum absolute atomic E-state index is 0.00298. The Bertz CT molecular complexity index is 721. The summed E-state index contributed by atoms with van der Waals surface area (Å²) in [5.41, 5.74) is 0.506. The van der Waals surface area contributed by atoms with Crippen LogP contribution in [0.3, 0.4) is 0 Å². The summed E-state index contributed by atoms with van der Waals surface area (Å²) < 4.78 is 0. The Kier molecular flexibility index (Phi) is 4.95. The number of aromatic nitrogens is 3. The van der Waals surface area contributed by atoms with E-state index in [9.17, 15) is 4.79 Å². The maximum atomic E-state index is 12.5. The van der Waals surface area contributed by atoms with Gasteiger partial charge in [-0.05, 0) is 43.5 Å². The van der Waals surface area contributed by atoms with Crippen molar-refractivity contribution in [1.29, 1.82) is 0 Å². The lowest BCUT2D eigenvalue weighted by Crippen LogP contribution is -2.49. The van der Waals surface area contributed by atoms with E-state index >= 15 is 0 Å². The highest BCUT2D eigenvalue weighted by Gasteiger charge is 2.24. The first kappa shape index (κ1) is 16.8. The highest BCUT2D eigenvalue weighted by Crippen LogP contribution is 2.20. The number of piperidine rings is 1. The smallest absolute Gasteiger partial charge is 0.272 e. The number of hydrogen-bond donors (Lipinski definition) is 0. The number of anilines is 2. The van der Waals surface area contributed by atoms with Crippen molar-refractivity contribution < 1.29 is 4.79 Å². The van der Waals surface area contributed by atoms with E-state index < -0.39 is 0 Å². The van der Waals surface area contributed by atoms with Gasteiger partial charge in [0.2, 0.25) is 0 Å². The molecule has 0 radical (unpaired) electrons. The molecule has 0 spiro atoms. The lowest BCUT2D eigenvalue weighted by Gasteiger charge is -2.35. The van der Waals surface area contributed by atoms with E-state index in [4.69, 9.17) is 0 Å². The van der Waals surface area contributed by atoms with Crippen molar-refractivity contribution in [3.63, 3.8) is 0 Å². The van der Waals surface area contributed by atoms with Gasteiger partial charge < -0.3 is 14.7 Å². The Morgan fingerprint density at radius 2 is 1.42 bits per heavy atom. The molecule has 26 heavy (non-hydrogen) atoms. The molecule has 0 bridgehead atoms. The van der Waals surface area contributed by atoms with Crippen LogP contribution in [0.25, 0.3) is 0 Å². The van der Waals surface area contributed by atoms with Crippen LogP contribution < -0.4 is 9.80 Å². The summed E-state index contributed by atoms with van der Waals surface area (Å²) in [5, 5.41) is 8.85. The molecule has 7 heteroatoms. The zero-order valence-electron chi connectivity index (χ0n) is 14.9. The Labute approximate surface area is 153 Å². The fraction of sp³-hybridized carbons (Fsp3) is 0.474. The average molecular weight is 352 g/mol. The monoisotopic (exact) mass is 352 g/mol. The van der Waals surface area contributed by atoms with Gasteiger partial charge >= 0.3 is 0 Å². The van der Waals surface area contributed by atoms with Gasteiger partial charge in [0.15, 0.2) is 11.6 Å². The molecule has 0 N–H and O–H groups in total. The summed E-state index contributed by atoms with van der Waals surface area (Å²) >= 11 is 0. The fourth-order valence-electron chi connectivity index (χ4n) is 3.57. The summed E-state index contributed by atoms with van der Waals surface area (Å²) in [6, 6.07) is 9.54. The number of carbonyl (C=O) groups excluding carboxylic acids is 1. The number of hydrogen-bond acceptors (Lipinski definition) is 6. The van der Waals surface area contributed by atoms with Gasteiger partial charge in [-0.25, -0.2) is 0 Å². The minimum atomic E-state index is -0.00298. The molecule has 2 saturated heterocycles. The third kappa shape index (κ3) is 3.61. The first-order valence-corrected chi connectivity index (χ1v) is 9.35. The van der Waals surface area contributed by atoms with Crippen LogP contribution in [-0.4, -0.2) is 65.3 Å². The highest BCUT2D eigenvalue weighted by atomic mass is 16.2. The minimum Gasteiger partial charge on any atom is -0.355 e. The summed E-state index contributed by atoms with van der Waals surface area (Å²) in [6.45, 7) is 5.01. The van der Waals surface area contributed by atoms with Gasteiger partial charge in [0, 0.05) is 45.5 Å². The van der Waals surface area contributed by atoms with Crippen molar-refractivity contribution >= 4 is 17.5 Å². The number of amides is 1. The molecule has 1 amide bonds. The van der Waals surface area contributed by atoms with Crippen molar-refractivity contribution in [3.8, 4) is 0 Å². The van der Waals surface area contributed by atoms with Gasteiger partial charge in [0.05, 0.1) is 0 Å².